The molecule has 2 aliphatic rings. The van der Waals surface area contributed by atoms with E-state index in [9.17, 15) is 22.8 Å². The summed E-state index contributed by atoms with van der Waals surface area (Å²) in [6.07, 6.45) is -2.08. The number of carbonyl (C=O) groups is 2. The molecule has 3 rings (SSSR count). The predicted molar refractivity (Wildman–Crippen MR) is 94.6 cm³/mol. The lowest BCUT2D eigenvalue weighted by Crippen LogP contribution is -2.43. The number of likely N-dealkylation sites (tertiary alicyclic amines) is 1. The Bertz CT molecular complexity index is 693. The minimum Gasteiger partial charge on any atom is -0.377 e. The lowest BCUT2D eigenvalue weighted by Gasteiger charge is -2.19. The molecular formula is C18H21F3N2O3S. The van der Waals surface area contributed by atoms with Crippen LogP contribution in [0.15, 0.2) is 29.2 Å². The third-order valence-corrected chi connectivity index (χ3v) is 5.76. The number of hydrogen-bond acceptors (Lipinski definition) is 4. The van der Waals surface area contributed by atoms with Crippen LogP contribution in [0.5, 0.6) is 0 Å². The van der Waals surface area contributed by atoms with Crippen LogP contribution in [0.3, 0.4) is 0 Å². The predicted octanol–water partition coefficient (Wildman–Crippen LogP) is 2.85. The molecule has 0 saturated carbocycles. The zero-order chi connectivity index (χ0) is 19.4. The minimum absolute atomic E-state index is 0.0152. The molecule has 148 valence electrons. The average Bonchev–Trinajstić information content (AvgIpc) is 3.24. The van der Waals surface area contributed by atoms with E-state index >= 15 is 0 Å². The molecule has 1 aromatic carbocycles. The van der Waals surface area contributed by atoms with Gasteiger partial charge in [0.1, 0.15) is 12.6 Å². The Balaban J connectivity index is 1.60. The summed E-state index contributed by atoms with van der Waals surface area (Å²) in [6, 6.07) is 6.09. The maximum atomic E-state index is 12.6. The van der Waals surface area contributed by atoms with Crippen molar-refractivity contribution in [3.63, 3.8) is 0 Å². The van der Waals surface area contributed by atoms with E-state index < -0.39 is 30.6 Å². The van der Waals surface area contributed by atoms with Gasteiger partial charge in [-0.1, -0.05) is 12.1 Å². The molecule has 1 N–H and O–H groups in total. The molecule has 2 fully saturated rings. The number of ether oxygens (including phenoxy) is 1. The van der Waals surface area contributed by atoms with Gasteiger partial charge in [-0.25, -0.2) is 0 Å². The first-order valence-electron chi connectivity index (χ1n) is 8.83. The Morgan fingerprint density at radius 3 is 2.78 bits per heavy atom. The van der Waals surface area contributed by atoms with Gasteiger partial charge in [0, 0.05) is 23.8 Å². The Kier molecular flexibility index (Phi) is 6.31. The van der Waals surface area contributed by atoms with Gasteiger partial charge in [0.15, 0.2) is 0 Å². The molecule has 0 aliphatic carbocycles. The van der Waals surface area contributed by atoms with E-state index in [0.29, 0.717) is 5.56 Å². The van der Waals surface area contributed by atoms with Gasteiger partial charge < -0.3 is 15.0 Å². The van der Waals surface area contributed by atoms with Crippen molar-refractivity contribution in [1.82, 2.24) is 10.2 Å². The lowest BCUT2D eigenvalue weighted by molar-refractivity contribution is -0.157. The number of thioether (sulfide) groups is 1. The molecule has 1 aromatic rings. The standard InChI is InChI=1S/C18H21F3N2O3S/c19-18(20,21)11-23-8-7-14(17(23)25)22-16(24)13-5-1-2-6-15(13)27-10-12-4-3-9-26-12/h1-2,5-6,12,14H,3-4,7-11H2,(H,22,24). The number of amides is 2. The summed E-state index contributed by atoms with van der Waals surface area (Å²) < 4.78 is 43.1. The second kappa shape index (κ2) is 8.52. The molecule has 0 radical (unpaired) electrons. The number of hydrogen-bond donors (Lipinski definition) is 1. The summed E-state index contributed by atoms with van der Waals surface area (Å²) >= 11 is 1.51. The van der Waals surface area contributed by atoms with Crippen molar-refractivity contribution in [3.05, 3.63) is 29.8 Å². The van der Waals surface area contributed by atoms with Crippen LogP contribution in [-0.4, -0.2) is 60.5 Å². The molecule has 9 heteroatoms. The van der Waals surface area contributed by atoms with E-state index in [1.165, 1.54) is 11.8 Å². The van der Waals surface area contributed by atoms with E-state index in [0.717, 1.165) is 35.0 Å². The van der Waals surface area contributed by atoms with E-state index in [-0.39, 0.29) is 19.1 Å². The maximum absolute atomic E-state index is 12.6. The quantitative estimate of drug-likeness (QED) is 0.744. The fraction of sp³-hybridized carbons (Fsp3) is 0.556. The second-order valence-corrected chi connectivity index (χ2v) is 7.69. The van der Waals surface area contributed by atoms with E-state index in [4.69, 9.17) is 4.74 Å². The largest absolute Gasteiger partial charge is 0.406 e. The van der Waals surface area contributed by atoms with Crippen LogP contribution in [0, 0.1) is 0 Å². The van der Waals surface area contributed by atoms with E-state index in [1.54, 1.807) is 12.1 Å². The average molecular weight is 402 g/mol. The number of nitrogens with zero attached hydrogens (tertiary/aromatic N) is 1. The van der Waals surface area contributed by atoms with Crippen molar-refractivity contribution >= 4 is 23.6 Å². The molecule has 0 bridgehead atoms. The highest BCUT2D eigenvalue weighted by atomic mass is 32.2. The minimum atomic E-state index is -4.44. The number of nitrogens with one attached hydrogen (secondary N) is 1. The van der Waals surface area contributed by atoms with Gasteiger partial charge in [-0.2, -0.15) is 13.2 Å². The molecule has 2 unspecified atom stereocenters. The summed E-state index contributed by atoms with van der Waals surface area (Å²) in [6.45, 7) is -0.545. The molecule has 2 saturated heterocycles. The normalized spacial score (nSPS) is 23.1. The monoisotopic (exact) mass is 402 g/mol. The molecule has 27 heavy (non-hydrogen) atoms. The first-order valence-corrected chi connectivity index (χ1v) is 9.82. The maximum Gasteiger partial charge on any atom is 0.406 e. The van der Waals surface area contributed by atoms with Crippen molar-refractivity contribution < 1.29 is 27.5 Å². The van der Waals surface area contributed by atoms with Crippen molar-refractivity contribution in [2.24, 2.45) is 0 Å². The van der Waals surface area contributed by atoms with Crippen LogP contribution in [0.2, 0.25) is 0 Å². The van der Waals surface area contributed by atoms with Crippen molar-refractivity contribution in [3.8, 4) is 0 Å². The summed E-state index contributed by atoms with van der Waals surface area (Å²) in [4.78, 5) is 26.2. The highest BCUT2D eigenvalue weighted by Crippen LogP contribution is 2.27. The number of alkyl halides is 3. The van der Waals surface area contributed by atoms with Gasteiger partial charge in [-0.15, -0.1) is 11.8 Å². The lowest BCUT2D eigenvalue weighted by atomic mass is 10.2. The SMILES string of the molecule is O=C(NC1CCN(CC(F)(F)F)C1=O)c1ccccc1SCC1CCCO1. The van der Waals surface area contributed by atoms with Gasteiger partial charge in [0.05, 0.1) is 11.7 Å². The third-order valence-electron chi connectivity index (χ3n) is 4.55. The molecule has 2 heterocycles. The van der Waals surface area contributed by atoms with E-state index in [2.05, 4.69) is 5.32 Å². The second-order valence-electron chi connectivity index (χ2n) is 6.63. The Labute approximate surface area is 159 Å². The van der Waals surface area contributed by atoms with Crippen LogP contribution in [-0.2, 0) is 9.53 Å². The molecular weight excluding hydrogens is 381 g/mol. The molecule has 0 spiro atoms. The summed E-state index contributed by atoms with van der Waals surface area (Å²) in [5.74, 6) is -0.408. The Morgan fingerprint density at radius 1 is 1.30 bits per heavy atom. The first kappa shape index (κ1) is 20.0. The van der Waals surface area contributed by atoms with Gasteiger partial charge in [-0.05, 0) is 31.4 Å². The Hall–Kier alpha value is -1.74. The number of carbonyl (C=O) groups excluding carboxylic acids is 2. The van der Waals surface area contributed by atoms with Crippen LogP contribution in [0.4, 0.5) is 13.2 Å². The fourth-order valence-electron chi connectivity index (χ4n) is 3.22. The van der Waals surface area contributed by atoms with E-state index in [1.807, 2.05) is 12.1 Å². The third kappa shape index (κ3) is 5.38. The molecule has 2 amide bonds. The van der Waals surface area contributed by atoms with Gasteiger partial charge >= 0.3 is 6.18 Å². The zero-order valence-electron chi connectivity index (χ0n) is 14.6. The number of halogens is 3. The van der Waals surface area contributed by atoms with Crippen LogP contribution < -0.4 is 5.32 Å². The zero-order valence-corrected chi connectivity index (χ0v) is 15.4. The first-order chi connectivity index (χ1) is 12.8. The topological polar surface area (TPSA) is 58.6 Å². The van der Waals surface area contributed by atoms with Crippen LogP contribution in [0.25, 0.3) is 0 Å². The van der Waals surface area contributed by atoms with Crippen molar-refractivity contribution in [2.75, 3.05) is 25.4 Å². The van der Waals surface area contributed by atoms with Gasteiger partial charge in [0.25, 0.3) is 5.91 Å². The number of rotatable bonds is 6. The Morgan fingerprint density at radius 2 is 2.07 bits per heavy atom. The molecule has 2 aliphatic heterocycles. The van der Waals surface area contributed by atoms with Crippen LogP contribution in [0.1, 0.15) is 29.6 Å². The molecule has 2 atom stereocenters. The smallest absolute Gasteiger partial charge is 0.377 e. The fourth-order valence-corrected chi connectivity index (χ4v) is 4.34. The highest BCUT2D eigenvalue weighted by Gasteiger charge is 2.40. The van der Waals surface area contributed by atoms with Crippen molar-refractivity contribution in [2.45, 2.75) is 42.5 Å². The highest BCUT2D eigenvalue weighted by molar-refractivity contribution is 7.99. The number of benzene rings is 1. The van der Waals surface area contributed by atoms with Gasteiger partial charge in [-0.3, -0.25) is 9.59 Å². The van der Waals surface area contributed by atoms with Crippen LogP contribution >= 0.6 is 11.8 Å². The summed E-state index contributed by atoms with van der Waals surface area (Å²) in [7, 11) is 0. The molecule has 0 aromatic heterocycles. The van der Waals surface area contributed by atoms with Crippen molar-refractivity contribution in [1.29, 1.82) is 0 Å². The summed E-state index contributed by atoms with van der Waals surface area (Å²) in [5.41, 5.74) is 0.419. The summed E-state index contributed by atoms with van der Waals surface area (Å²) in [5, 5.41) is 2.59. The van der Waals surface area contributed by atoms with Gasteiger partial charge in [0.2, 0.25) is 5.91 Å². The molecule has 5 nitrogen and oxygen atoms in total.